The number of hydrogen-bond donors (Lipinski definition) is 1. The molecule has 3 atom stereocenters. The summed E-state index contributed by atoms with van der Waals surface area (Å²) in [7, 11) is 0. The van der Waals surface area contributed by atoms with E-state index in [0.29, 0.717) is 29.8 Å². The molecule has 10 heteroatoms. The maximum absolute atomic E-state index is 13.9. The zero-order valence-corrected chi connectivity index (χ0v) is 18.7. The molecule has 0 spiro atoms. The minimum atomic E-state index is -4.48. The van der Waals surface area contributed by atoms with Gasteiger partial charge >= 0.3 is 6.18 Å². The van der Waals surface area contributed by atoms with E-state index in [-0.39, 0.29) is 37.0 Å². The Labute approximate surface area is 199 Å². The maximum atomic E-state index is 13.9. The molecule has 35 heavy (non-hydrogen) atoms. The van der Waals surface area contributed by atoms with Gasteiger partial charge in [0.25, 0.3) is 5.91 Å². The molecule has 3 unspecified atom stereocenters. The summed E-state index contributed by atoms with van der Waals surface area (Å²) in [6.45, 7) is -0.130. The normalized spacial score (nSPS) is 23.5. The van der Waals surface area contributed by atoms with E-state index in [4.69, 9.17) is 4.74 Å². The molecule has 2 fully saturated rings. The van der Waals surface area contributed by atoms with Crippen LogP contribution in [0, 0.1) is 5.92 Å². The molecular formula is C25H23F3N4O3. The Hall–Kier alpha value is -3.53. The summed E-state index contributed by atoms with van der Waals surface area (Å²) >= 11 is 0. The molecule has 0 radical (unpaired) electrons. The van der Waals surface area contributed by atoms with Crippen molar-refractivity contribution in [3.05, 3.63) is 72.2 Å². The van der Waals surface area contributed by atoms with E-state index in [2.05, 4.69) is 15.0 Å². The molecule has 2 aliphatic rings. The number of aromatic nitrogens is 3. The quantitative estimate of drug-likeness (QED) is 0.569. The van der Waals surface area contributed by atoms with Crippen LogP contribution in [0.15, 0.2) is 61.1 Å². The number of carbonyl (C=O) groups excluding carboxylic acids is 1. The van der Waals surface area contributed by atoms with Crippen LogP contribution in [0.4, 0.5) is 13.2 Å². The molecular weight excluding hydrogens is 461 g/mol. The van der Waals surface area contributed by atoms with Gasteiger partial charge in [-0.25, -0.2) is 15.0 Å². The van der Waals surface area contributed by atoms with Crippen molar-refractivity contribution in [2.45, 2.75) is 37.0 Å². The Kier molecular flexibility index (Phi) is 5.92. The lowest BCUT2D eigenvalue weighted by molar-refractivity contribution is -0.137. The first-order valence-corrected chi connectivity index (χ1v) is 11.3. The van der Waals surface area contributed by atoms with Crippen LogP contribution in [-0.4, -0.2) is 55.7 Å². The summed E-state index contributed by atoms with van der Waals surface area (Å²) < 4.78 is 44.4. The van der Waals surface area contributed by atoms with E-state index < -0.39 is 17.3 Å². The fraction of sp³-hybridized carbons (Fsp3) is 0.360. The molecule has 5 rings (SSSR count). The van der Waals surface area contributed by atoms with Crippen molar-refractivity contribution >= 4 is 5.91 Å². The number of halogens is 3. The Bertz CT molecular complexity index is 1210. The lowest BCUT2D eigenvalue weighted by Crippen LogP contribution is -2.56. The van der Waals surface area contributed by atoms with E-state index in [1.807, 2.05) is 0 Å². The third-order valence-corrected chi connectivity index (χ3v) is 6.93. The average molecular weight is 484 g/mol. The van der Waals surface area contributed by atoms with Crippen LogP contribution >= 0.6 is 0 Å². The van der Waals surface area contributed by atoms with Gasteiger partial charge in [-0.05, 0) is 43.4 Å². The summed E-state index contributed by atoms with van der Waals surface area (Å²) in [6, 6.07) is 10.5. The van der Waals surface area contributed by atoms with Crippen LogP contribution in [0.2, 0.25) is 0 Å². The molecule has 3 aromatic rings. The monoisotopic (exact) mass is 484 g/mol. The van der Waals surface area contributed by atoms with Crippen molar-refractivity contribution in [3.8, 4) is 17.3 Å². The number of alkyl halides is 3. The highest BCUT2D eigenvalue weighted by atomic mass is 19.4. The van der Waals surface area contributed by atoms with E-state index in [0.717, 1.165) is 18.7 Å². The fourth-order valence-electron chi connectivity index (χ4n) is 5.33. The second-order valence-electron chi connectivity index (χ2n) is 8.94. The highest BCUT2D eigenvalue weighted by molar-refractivity contribution is 6.01. The number of ether oxygens (including phenoxy) is 1. The first-order chi connectivity index (χ1) is 16.8. The van der Waals surface area contributed by atoms with Gasteiger partial charge in [0.05, 0.1) is 29.3 Å². The standard InChI is InChI=1S/C25H23F3N4O3/c26-25(27,28)17-6-7-21(31-13-17)35-15-24-9-8-16(12-24)20(14-33)32(24)23(34)19-5-2-1-4-18(19)22-29-10-3-11-30-22/h1-7,10-11,13,16,20,33H,8-9,12,14-15H2. The number of amides is 1. The van der Waals surface area contributed by atoms with Crippen molar-refractivity contribution in [1.82, 2.24) is 19.9 Å². The number of aliphatic hydroxyl groups is 1. The Balaban J connectivity index is 1.44. The summed E-state index contributed by atoms with van der Waals surface area (Å²) in [6.07, 6.45) is 1.56. The Morgan fingerprint density at radius 1 is 1.11 bits per heavy atom. The van der Waals surface area contributed by atoms with Crippen molar-refractivity contribution in [1.29, 1.82) is 0 Å². The van der Waals surface area contributed by atoms with Gasteiger partial charge in [0, 0.05) is 30.2 Å². The molecule has 1 N–H and O–H groups in total. The van der Waals surface area contributed by atoms with E-state index >= 15 is 0 Å². The number of rotatable bonds is 6. The van der Waals surface area contributed by atoms with Gasteiger partial charge in [0.1, 0.15) is 6.61 Å². The molecule has 1 aromatic carbocycles. The number of hydrogen-bond acceptors (Lipinski definition) is 6. The first-order valence-electron chi connectivity index (χ1n) is 11.3. The molecule has 1 aliphatic heterocycles. The number of pyridine rings is 1. The SMILES string of the molecule is O=C(c1ccccc1-c1ncccn1)N1C(CO)C2CCC1(COc1ccc(C(F)(F)F)cn1)C2. The summed E-state index contributed by atoms with van der Waals surface area (Å²) in [4.78, 5) is 28.0. The molecule has 7 nitrogen and oxygen atoms in total. The maximum Gasteiger partial charge on any atom is 0.417 e. The Morgan fingerprint density at radius 3 is 2.57 bits per heavy atom. The minimum absolute atomic E-state index is 0.0498. The molecule has 2 bridgehead atoms. The number of nitrogens with zero attached hydrogens (tertiary/aromatic N) is 4. The van der Waals surface area contributed by atoms with Gasteiger partial charge in [-0.1, -0.05) is 18.2 Å². The van der Waals surface area contributed by atoms with Gasteiger partial charge in [-0.15, -0.1) is 0 Å². The van der Waals surface area contributed by atoms with Crippen LogP contribution < -0.4 is 4.74 Å². The summed E-state index contributed by atoms with van der Waals surface area (Å²) in [5.41, 5.74) is -0.569. The predicted octanol–water partition coefficient (Wildman–Crippen LogP) is 3.99. The van der Waals surface area contributed by atoms with Gasteiger partial charge < -0.3 is 14.7 Å². The zero-order chi connectivity index (χ0) is 24.6. The second kappa shape index (κ2) is 8.92. The highest BCUT2D eigenvalue weighted by Gasteiger charge is 2.58. The van der Waals surface area contributed by atoms with Crippen LogP contribution in [0.3, 0.4) is 0 Å². The van der Waals surface area contributed by atoms with Gasteiger partial charge in [-0.2, -0.15) is 13.2 Å². The lowest BCUT2D eigenvalue weighted by atomic mass is 9.93. The average Bonchev–Trinajstić information content (AvgIpc) is 3.44. The third kappa shape index (κ3) is 4.22. The summed E-state index contributed by atoms with van der Waals surface area (Å²) in [5, 5.41) is 10.2. The van der Waals surface area contributed by atoms with Gasteiger partial charge in [0.2, 0.25) is 5.88 Å². The number of fused-ring (bicyclic) bond motifs is 2. The van der Waals surface area contributed by atoms with Gasteiger partial charge in [-0.3, -0.25) is 4.79 Å². The van der Waals surface area contributed by atoms with Crippen molar-refractivity contribution < 1.29 is 27.8 Å². The van der Waals surface area contributed by atoms with E-state index in [9.17, 15) is 23.1 Å². The van der Waals surface area contributed by atoms with Crippen LogP contribution in [0.1, 0.15) is 35.2 Å². The number of piperidine rings is 1. The van der Waals surface area contributed by atoms with Crippen molar-refractivity contribution in [2.75, 3.05) is 13.2 Å². The fourth-order valence-corrected chi connectivity index (χ4v) is 5.33. The summed E-state index contributed by atoms with van der Waals surface area (Å²) in [5.74, 6) is 0.306. The second-order valence-corrected chi connectivity index (χ2v) is 8.94. The highest BCUT2D eigenvalue weighted by Crippen LogP contribution is 2.51. The van der Waals surface area contributed by atoms with E-state index in [1.165, 1.54) is 6.07 Å². The van der Waals surface area contributed by atoms with Gasteiger partial charge in [0.15, 0.2) is 5.82 Å². The first kappa shape index (κ1) is 23.2. The Morgan fingerprint density at radius 2 is 1.89 bits per heavy atom. The van der Waals surface area contributed by atoms with Crippen LogP contribution in [0.5, 0.6) is 5.88 Å². The molecule has 1 aliphatic carbocycles. The molecule has 182 valence electrons. The van der Waals surface area contributed by atoms with Crippen molar-refractivity contribution in [3.63, 3.8) is 0 Å². The van der Waals surface area contributed by atoms with Crippen molar-refractivity contribution in [2.24, 2.45) is 5.92 Å². The topological polar surface area (TPSA) is 88.4 Å². The van der Waals surface area contributed by atoms with Crippen LogP contribution in [0.25, 0.3) is 11.4 Å². The largest absolute Gasteiger partial charge is 0.475 e. The minimum Gasteiger partial charge on any atom is -0.475 e. The third-order valence-electron chi connectivity index (χ3n) is 6.93. The molecule has 1 saturated heterocycles. The van der Waals surface area contributed by atoms with Crippen LogP contribution in [-0.2, 0) is 6.18 Å². The molecule has 3 heterocycles. The predicted molar refractivity (Wildman–Crippen MR) is 119 cm³/mol. The molecule has 1 saturated carbocycles. The number of aliphatic hydroxyl groups excluding tert-OH is 1. The number of carbonyl (C=O) groups is 1. The molecule has 2 aromatic heterocycles. The number of benzene rings is 1. The molecule has 1 amide bonds. The number of likely N-dealkylation sites (tertiary alicyclic amines) is 1. The smallest absolute Gasteiger partial charge is 0.417 e. The zero-order valence-electron chi connectivity index (χ0n) is 18.7. The lowest BCUT2D eigenvalue weighted by Gasteiger charge is -2.42. The van der Waals surface area contributed by atoms with E-state index in [1.54, 1.807) is 47.6 Å².